The Labute approximate surface area is 139 Å². The predicted molar refractivity (Wildman–Crippen MR) is 87.7 cm³/mol. The molecule has 2 rings (SSSR count). The highest BCUT2D eigenvalue weighted by Crippen LogP contribution is 2.29. The SMILES string of the molecule is CCCOc1ccc(CC(C(=O)O)c2ccc(F)cc2)cc1Cl. The van der Waals surface area contributed by atoms with Crippen molar-refractivity contribution in [3.05, 3.63) is 64.4 Å². The molecule has 0 spiro atoms. The third-order valence-electron chi connectivity index (χ3n) is 3.47. The van der Waals surface area contributed by atoms with Crippen LogP contribution in [0, 0.1) is 5.82 Å². The van der Waals surface area contributed by atoms with Gasteiger partial charge in [-0.3, -0.25) is 4.79 Å². The van der Waals surface area contributed by atoms with Crippen LogP contribution >= 0.6 is 11.6 Å². The summed E-state index contributed by atoms with van der Waals surface area (Å²) in [5, 5.41) is 9.90. The lowest BCUT2D eigenvalue weighted by atomic mass is 9.92. The molecule has 0 bridgehead atoms. The Balaban J connectivity index is 2.18. The highest BCUT2D eigenvalue weighted by atomic mass is 35.5. The van der Waals surface area contributed by atoms with Gasteiger partial charge in [-0.05, 0) is 48.2 Å². The number of benzene rings is 2. The van der Waals surface area contributed by atoms with E-state index in [9.17, 15) is 14.3 Å². The molecule has 0 saturated carbocycles. The van der Waals surface area contributed by atoms with E-state index in [-0.39, 0.29) is 6.42 Å². The lowest BCUT2D eigenvalue weighted by Crippen LogP contribution is -2.14. The van der Waals surface area contributed by atoms with E-state index in [1.165, 1.54) is 24.3 Å². The molecule has 0 saturated heterocycles. The third kappa shape index (κ3) is 4.70. The topological polar surface area (TPSA) is 46.5 Å². The maximum absolute atomic E-state index is 13.0. The van der Waals surface area contributed by atoms with E-state index >= 15 is 0 Å². The number of carboxylic acids is 1. The lowest BCUT2D eigenvalue weighted by Gasteiger charge is -2.14. The van der Waals surface area contributed by atoms with Gasteiger partial charge in [0.05, 0.1) is 17.5 Å². The van der Waals surface area contributed by atoms with Crippen LogP contribution in [0.5, 0.6) is 5.75 Å². The second-order valence-corrected chi connectivity index (χ2v) is 5.67. The molecule has 23 heavy (non-hydrogen) atoms. The van der Waals surface area contributed by atoms with Crippen LogP contribution < -0.4 is 4.74 Å². The fourth-order valence-electron chi connectivity index (χ4n) is 2.28. The van der Waals surface area contributed by atoms with Gasteiger partial charge in [0.1, 0.15) is 11.6 Å². The van der Waals surface area contributed by atoms with Crippen LogP contribution in [-0.2, 0) is 11.2 Å². The van der Waals surface area contributed by atoms with Crippen molar-refractivity contribution in [1.82, 2.24) is 0 Å². The zero-order valence-corrected chi connectivity index (χ0v) is 13.5. The summed E-state index contributed by atoms with van der Waals surface area (Å²) in [5.41, 5.74) is 1.34. The van der Waals surface area contributed by atoms with Crippen molar-refractivity contribution in [1.29, 1.82) is 0 Å². The number of hydrogen-bond acceptors (Lipinski definition) is 2. The third-order valence-corrected chi connectivity index (χ3v) is 3.76. The Kier molecular flexibility index (Phi) is 5.99. The van der Waals surface area contributed by atoms with E-state index in [1.807, 2.05) is 6.92 Å². The van der Waals surface area contributed by atoms with Crippen LogP contribution in [0.2, 0.25) is 5.02 Å². The normalized spacial score (nSPS) is 12.0. The molecule has 1 unspecified atom stereocenters. The fourth-order valence-corrected chi connectivity index (χ4v) is 2.54. The van der Waals surface area contributed by atoms with Crippen molar-refractivity contribution >= 4 is 17.6 Å². The minimum atomic E-state index is -0.959. The van der Waals surface area contributed by atoms with E-state index in [0.29, 0.717) is 22.9 Å². The predicted octanol–water partition coefficient (Wildman–Crippen LogP) is 4.68. The molecule has 5 heteroatoms. The van der Waals surface area contributed by atoms with E-state index in [2.05, 4.69) is 0 Å². The molecule has 0 aliphatic heterocycles. The Morgan fingerprint density at radius 3 is 2.52 bits per heavy atom. The van der Waals surface area contributed by atoms with E-state index in [1.54, 1.807) is 18.2 Å². The Morgan fingerprint density at radius 1 is 1.26 bits per heavy atom. The quantitative estimate of drug-likeness (QED) is 0.798. The number of carbonyl (C=O) groups is 1. The summed E-state index contributed by atoms with van der Waals surface area (Å²) in [4.78, 5) is 11.5. The van der Waals surface area contributed by atoms with Gasteiger partial charge >= 0.3 is 5.97 Å². The summed E-state index contributed by atoms with van der Waals surface area (Å²) >= 11 is 6.17. The van der Waals surface area contributed by atoms with Gasteiger partial charge in [-0.15, -0.1) is 0 Å². The zero-order chi connectivity index (χ0) is 16.8. The Bertz CT molecular complexity index is 670. The van der Waals surface area contributed by atoms with Crippen molar-refractivity contribution in [2.75, 3.05) is 6.61 Å². The average molecular weight is 337 g/mol. The van der Waals surface area contributed by atoms with Gasteiger partial charge in [0.25, 0.3) is 0 Å². The molecule has 3 nitrogen and oxygen atoms in total. The summed E-state index contributed by atoms with van der Waals surface area (Å²) in [6.45, 7) is 2.58. The van der Waals surface area contributed by atoms with Crippen molar-refractivity contribution in [2.45, 2.75) is 25.7 Å². The van der Waals surface area contributed by atoms with Gasteiger partial charge in [-0.1, -0.05) is 36.7 Å². The van der Waals surface area contributed by atoms with E-state index in [4.69, 9.17) is 16.3 Å². The van der Waals surface area contributed by atoms with Gasteiger partial charge in [-0.25, -0.2) is 4.39 Å². The maximum Gasteiger partial charge on any atom is 0.311 e. The second kappa shape index (κ2) is 7.97. The highest BCUT2D eigenvalue weighted by Gasteiger charge is 2.21. The Morgan fingerprint density at radius 2 is 1.96 bits per heavy atom. The summed E-state index contributed by atoms with van der Waals surface area (Å²) < 4.78 is 18.5. The van der Waals surface area contributed by atoms with Crippen molar-refractivity contribution in [3.63, 3.8) is 0 Å². The first-order valence-corrected chi connectivity index (χ1v) is 7.78. The van der Waals surface area contributed by atoms with Gasteiger partial charge in [0, 0.05) is 0 Å². The number of hydrogen-bond donors (Lipinski definition) is 1. The van der Waals surface area contributed by atoms with E-state index < -0.39 is 17.7 Å². The number of carboxylic acid groups (broad SMARTS) is 1. The van der Waals surface area contributed by atoms with Crippen molar-refractivity contribution < 1.29 is 19.0 Å². The first-order chi connectivity index (χ1) is 11.0. The monoisotopic (exact) mass is 336 g/mol. The first kappa shape index (κ1) is 17.3. The van der Waals surface area contributed by atoms with Crippen LogP contribution in [0.3, 0.4) is 0 Å². The van der Waals surface area contributed by atoms with Crippen LogP contribution in [-0.4, -0.2) is 17.7 Å². The van der Waals surface area contributed by atoms with Crippen LogP contribution in [0.15, 0.2) is 42.5 Å². The van der Waals surface area contributed by atoms with Crippen LogP contribution in [0.1, 0.15) is 30.4 Å². The molecule has 2 aromatic rings. The molecule has 0 aromatic heterocycles. The first-order valence-electron chi connectivity index (χ1n) is 7.40. The minimum absolute atomic E-state index is 0.273. The van der Waals surface area contributed by atoms with Gasteiger partial charge in [0.2, 0.25) is 0 Å². The van der Waals surface area contributed by atoms with Gasteiger partial charge < -0.3 is 9.84 Å². The van der Waals surface area contributed by atoms with Crippen molar-refractivity contribution in [3.8, 4) is 5.75 Å². The second-order valence-electron chi connectivity index (χ2n) is 5.26. The molecule has 0 fully saturated rings. The van der Waals surface area contributed by atoms with E-state index in [0.717, 1.165) is 12.0 Å². The summed E-state index contributed by atoms with van der Waals surface area (Å²) in [5.74, 6) is -1.52. The number of aliphatic carboxylic acids is 1. The Hall–Kier alpha value is -2.07. The summed E-state index contributed by atoms with van der Waals surface area (Å²) in [6, 6.07) is 10.8. The fraction of sp³-hybridized carbons (Fsp3) is 0.278. The van der Waals surface area contributed by atoms with Crippen LogP contribution in [0.25, 0.3) is 0 Å². The highest BCUT2D eigenvalue weighted by molar-refractivity contribution is 6.32. The number of rotatable bonds is 7. The molecule has 1 atom stereocenters. The maximum atomic E-state index is 13.0. The molecule has 0 aliphatic rings. The molecular formula is C18H18ClFO3. The smallest absolute Gasteiger partial charge is 0.311 e. The summed E-state index contributed by atoms with van der Waals surface area (Å²) in [6.07, 6.45) is 1.15. The average Bonchev–Trinajstić information content (AvgIpc) is 2.52. The molecule has 0 amide bonds. The zero-order valence-electron chi connectivity index (χ0n) is 12.8. The molecule has 0 heterocycles. The molecule has 0 aliphatic carbocycles. The summed E-state index contributed by atoms with van der Waals surface area (Å²) in [7, 11) is 0. The largest absolute Gasteiger partial charge is 0.492 e. The molecule has 2 aromatic carbocycles. The number of halogens is 2. The standard InChI is InChI=1S/C18H18ClFO3/c1-2-9-23-17-8-3-12(11-16(17)19)10-15(18(21)22)13-4-6-14(20)7-5-13/h3-8,11,15H,2,9-10H2,1H3,(H,21,22). The van der Waals surface area contributed by atoms with Gasteiger partial charge in [-0.2, -0.15) is 0 Å². The lowest BCUT2D eigenvalue weighted by molar-refractivity contribution is -0.138. The van der Waals surface area contributed by atoms with Crippen LogP contribution in [0.4, 0.5) is 4.39 Å². The van der Waals surface area contributed by atoms with Gasteiger partial charge in [0.15, 0.2) is 0 Å². The molecule has 0 radical (unpaired) electrons. The molecular weight excluding hydrogens is 319 g/mol. The molecule has 122 valence electrons. The number of ether oxygens (including phenoxy) is 1. The minimum Gasteiger partial charge on any atom is -0.492 e. The molecule has 1 N–H and O–H groups in total. The van der Waals surface area contributed by atoms with Crippen molar-refractivity contribution in [2.24, 2.45) is 0 Å².